The van der Waals surface area contributed by atoms with E-state index >= 15 is 0 Å². The van der Waals surface area contributed by atoms with Gasteiger partial charge in [0.1, 0.15) is 17.3 Å². The molecule has 1 aromatic heterocycles. The summed E-state index contributed by atoms with van der Waals surface area (Å²) in [6.07, 6.45) is 2.78. The summed E-state index contributed by atoms with van der Waals surface area (Å²) in [5.74, 6) is 0.361. The molecule has 5 nitrogen and oxygen atoms in total. The van der Waals surface area contributed by atoms with Crippen LogP contribution >= 0.6 is 0 Å². The smallest absolute Gasteiger partial charge is 0.245 e. The summed E-state index contributed by atoms with van der Waals surface area (Å²) in [7, 11) is -3.42. The van der Waals surface area contributed by atoms with Crippen molar-refractivity contribution < 1.29 is 13.2 Å². The minimum atomic E-state index is -3.42. The fraction of sp³-hybridized carbons (Fsp3) is 0.286. The zero-order chi connectivity index (χ0) is 9.31. The highest BCUT2D eigenvalue weighted by molar-refractivity contribution is 7.89. The number of pyridine rings is 1. The van der Waals surface area contributed by atoms with Crippen molar-refractivity contribution in [2.24, 2.45) is 0 Å². The lowest BCUT2D eigenvalue weighted by atomic mass is 10.4. The average molecular weight is 200 g/mol. The molecular weight excluding hydrogens is 192 g/mol. The predicted molar refractivity (Wildman–Crippen MR) is 44.9 cm³/mol. The molecular formula is C7H8N2O3S. The summed E-state index contributed by atoms with van der Waals surface area (Å²) < 4.78 is 30.5. The summed E-state index contributed by atoms with van der Waals surface area (Å²) in [5.41, 5.74) is 0. The first-order chi connectivity index (χ1) is 6.20. The number of aromatic nitrogens is 1. The lowest BCUT2D eigenvalue weighted by Gasteiger charge is -2.03. The van der Waals surface area contributed by atoms with E-state index in [0.29, 0.717) is 12.4 Å². The molecule has 0 bridgehead atoms. The highest BCUT2D eigenvalue weighted by atomic mass is 32.2. The van der Waals surface area contributed by atoms with Gasteiger partial charge in [-0.25, -0.2) is 13.1 Å². The van der Waals surface area contributed by atoms with Gasteiger partial charge in [-0.1, -0.05) is 0 Å². The van der Waals surface area contributed by atoms with E-state index in [1.165, 1.54) is 12.4 Å². The van der Waals surface area contributed by atoms with Gasteiger partial charge < -0.3 is 4.74 Å². The zero-order valence-corrected chi connectivity index (χ0v) is 7.54. The minimum Gasteiger partial charge on any atom is -0.491 e. The van der Waals surface area contributed by atoms with Gasteiger partial charge in [0.25, 0.3) is 0 Å². The number of sulfonamides is 1. The predicted octanol–water partition coefficient (Wildman–Crippen LogP) is -0.248. The Morgan fingerprint density at radius 2 is 2.38 bits per heavy atom. The third-order valence-corrected chi connectivity index (χ3v) is 3.16. The van der Waals surface area contributed by atoms with Crippen LogP contribution in [0.2, 0.25) is 0 Å². The Morgan fingerprint density at radius 1 is 1.54 bits per heavy atom. The van der Waals surface area contributed by atoms with E-state index in [2.05, 4.69) is 9.71 Å². The molecule has 2 rings (SSSR count). The number of ether oxygens (including phenoxy) is 1. The Kier molecular flexibility index (Phi) is 1.93. The van der Waals surface area contributed by atoms with Gasteiger partial charge in [-0.15, -0.1) is 0 Å². The SMILES string of the molecule is O=S1(=O)NCCOc2ccncc21. The lowest BCUT2D eigenvalue weighted by molar-refractivity contribution is 0.321. The fourth-order valence-corrected chi connectivity index (χ4v) is 2.20. The standard InChI is InChI=1S/C7H8N2O3S/c10-13(11)7-5-8-2-1-6(7)12-4-3-9-13/h1-2,5,9H,3-4H2. The van der Waals surface area contributed by atoms with Crippen molar-refractivity contribution in [3.63, 3.8) is 0 Å². The van der Waals surface area contributed by atoms with Gasteiger partial charge in [-0.3, -0.25) is 4.98 Å². The molecule has 0 radical (unpaired) electrons. The largest absolute Gasteiger partial charge is 0.491 e. The van der Waals surface area contributed by atoms with E-state index in [1.54, 1.807) is 6.07 Å². The van der Waals surface area contributed by atoms with Gasteiger partial charge in [0, 0.05) is 12.7 Å². The number of hydrogen-bond donors (Lipinski definition) is 1. The second kappa shape index (κ2) is 2.97. The Labute approximate surface area is 75.8 Å². The van der Waals surface area contributed by atoms with Crippen molar-refractivity contribution >= 4 is 10.0 Å². The summed E-state index contributed by atoms with van der Waals surface area (Å²) in [5, 5.41) is 0. The highest BCUT2D eigenvalue weighted by Gasteiger charge is 2.21. The Bertz CT molecular complexity index is 416. The fourth-order valence-electron chi connectivity index (χ4n) is 1.10. The van der Waals surface area contributed by atoms with Crippen molar-refractivity contribution in [2.75, 3.05) is 13.2 Å². The molecule has 0 aromatic carbocycles. The van der Waals surface area contributed by atoms with Crippen LogP contribution in [0.25, 0.3) is 0 Å². The van der Waals surface area contributed by atoms with Crippen LogP contribution in [0.5, 0.6) is 5.75 Å². The third-order valence-electron chi connectivity index (χ3n) is 1.69. The normalized spacial score (nSPS) is 19.7. The molecule has 0 spiro atoms. The average Bonchev–Trinajstić information content (AvgIpc) is 2.26. The van der Waals surface area contributed by atoms with E-state index in [4.69, 9.17) is 4.74 Å². The maximum atomic E-state index is 11.5. The van der Waals surface area contributed by atoms with Crippen LogP contribution in [0.4, 0.5) is 0 Å². The zero-order valence-electron chi connectivity index (χ0n) is 6.73. The number of rotatable bonds is 0. The number of nitrogens with zero attached hydrogens (tertiary/aromatic N) is 1. The van der Waals surface area contributed by atoms with E-state index in [1.807, 2.05) is 0 Å². The molecule has 0 saturated heterocycles. The molecule has 1 N–H and O–H groups in total. The minimum absolute atomic E-state index is 0.104. The van der Waals surface area contributed by atoms with Gasteiger partial charge in [0.2, 0.25) is 10.0 Å². The monoisotopic (exact) mass is 200 g/mol. The van der Waals surface area contributed by atoms with E-state index < -0.39 is 10.0 Å². The Balaban J connectivity index is 2.62. The van der Waals surface area contributed by atoms with E-state index in [9.17, 15) is 8.42 Å². The molecule has 0 saturated carbocycles. The first-order valence-corrected chi connectivity index (χ1v) is 5.25. The van der Waals surface area contributed by atoms with Crippen molar-refractivity contribution in [3.05, 3.63) is 18.5 Å². The van der Waals surface area contributed by atoms with Crippen molar-refractivity contribution in [3.8, 4) is 5.75 Å². The molecule has 0 atom stereocenters. The molecule has 70 valence electrons. The Morgan fingerprint density at radius 3 is 3.23 bits per heavy atom. The maximum absolute atomic E-state index is 11.5. The van der Waals surface area contributed by atoms with Gasteiger partial charge >= 0.3 is 0 Å². The number of nitrogens with one attached hydrogen (secondary N) is 1. The molecule has 1 aliphatic rings. The van der Waals surface area contributed by atoms with Gasteiger partial charge in [-0.2, -0.15) is 0 Å². The van der Waals surface area contributed by atoms with Crippen LogP contribution < -0.4 is 9.46 Å². The molecule has 0 unspecified atom stereocenters. The summed E-state index contributed by atoms with van der Waals surface area (Å²) in [6, 6.07) is 1.54. The highest BCUT2D eigenvalue weighted by Crippen LogP contribution is 2.23. The van der Waals surface area contributed by atoms with Crippen LogP contribution in [0.1, 0.15) is 0 Å². The summed E-state index contributed by atoms with van der Waals surface area (Å²) >= 11 is 0. The molecule has 0 fully saturated rings. The van der Waals surface area contributed by atoms with Gasteiger partial charge in [0.15, 0.2) is 0 Å². The molecule has 1 aromatic rings. The second-order valence-corrected chi connectivity index (χ2v) is 4.30. The van der Waals surface area contributed by atoms with Crippen molar-refractivity contribution in [1.29, 1.82) is 0 Å². The van der Waals surface area contributed by atoms with Crippen LogP contribution in [-0.2, 0) is 10.0 Å². The van der Waals surface area contributed by atoms with Crippen LogP contribution in [-0.4, -0.2) is 26.6 Å². The van der Waals surface area contributed by atoms with Gasteiger partial charge in [-0.05, 0) is 6.07 Å². The molecule has 2 heterocycles. The summed E-state index contributed by atoms with van der Waals surface area (Å²) in [6.45, 7) is 0.632. The third kappa shape index (κ3) is 1.50. The summed E-state index contributed by atoms with van der Waals surface area (Å²) in [4.78, 5) is 3.84. The first-order valence-electron chi connectivity index (χ1n) is 3.77. The Hall–Kier alpha value is -1.14. The van der Waals surface area contributed by atoms with Crippen molar-refractivity contribution in [2.45, 2.75) is 4.90 Å². The molecule has 13 heavy (non-hydrogen) atoms. The lowest BCUT2D eigenvalue weighted by Crippen LogP contribution is -2.24. The molecule has 0 aliphatic carbocycles. The molecule has 1 aliphatic heterocycles. The molecule has 0 amide bonds. The van der Waals surface area contributed by atoms with Crippen LogP contribution in [0.3, 0.4) is 0 Å². The van der Waals surface area contributed by atoms with Crippen LogP contribution in [0, 0.1) is 0 Å². The number of fused-ring (bicyclic) bond motifs is 1. The van der Waals surface area contributed by atoms with E-state index in [-0.39, 0.29) is 11.4 Å². The van der Waals surface area contributed by atoms with Crippen LogP contribution in [0.15, 0.2) is 23.4 Å². The van der Waals surface area contributed by atoms with Crippen molar-refractivity contribution in [1.82, 2.24) is 9.71 Å². The maximum Gasteiger partial charge on any atom is 0.245 e. The topological polar surface area (TPSA) is 68.3 Å². The van der Waals surface area contributed by atoms with E-state index in [0.717, 1.165) is 0 Å². The quantitative estimate of drug-likeness (QED) is 0.627. The van der Waals surface area contributed by atoms with Gasteiger partial charge in [0.05, 0.1) is 6.20 Å². The second-order valence-electron chi connectivity index (χ2n) is 2.57. The first kappa shape index (κ1) is 8.46. The number of hydrogen-bond acceptors (Lipinski definition) is 4. The molecule has 6 heteroatoms.